The molecule has 3 nitrogen and oxygen atoms in total. The summed E-state index contributed by atoms with van der Waals surface area (Å²) in [5.74, 6) is 0.849. The van der Waals surface area contributed by atoms with E-state index in [0.717, 1.165) is 25.9 Å². The fourth-order valence-corrected chi connectivity index (χ4v) is 2.51. The second-order valence-electron chi connectivity index (χ2n) is 4.61. The van der Waals surface area contributed by atoms with E-state index in [0.29, 0.717) is 12.0 Å². The molecule has 0 unspecified atom stereocenters. The summed E-state index contributed by atoms with van der Waals surface area (Å²) in [6.45, 7) is 2.11. The molecule has 1 amide bonds. The van der Waals surface area contributed by atoms with Crippen molar-refractivity contribution in [3.8, 4) is 0 Å². The third-order valence-corrected chi connectivity index (χ3v) is 3.36. The van der Waals surface area contributed by atoms with E-state index in [1.165, 1.54) is 25.7 Å². The lowest BCUT2D eigenvalue weighted by atomic mass is 10.0. The minimum absolute atomic E-state index is 0.269. The number of nitrogens with one attached hydrogen (secondary N) is 2. The van der Waals surface area contributed by atoms with Crippen LogP contribution in [0.25, 0.3) is 0 Å². The third kappa shape index (κ3) is 2.71. The Hall–Kier alpha value is -0.570. The zero-order valence-corrected chi connectivity index (χ0v) is 8.72. The molecule has 0 bridgehead atoms. The minimum Gasteiger partial charge on any atom is -0.353 e. The van der Waals surface area contributed by atoms with Gasteiger partial charge in [0.05, 0.1) is 0 Å². The van der Waals surface area contributed by atoms with Crippen LogP contribution in [0.15, 0.2) is 0 Å². The quantitative estimate of drug-likeness (QED) is 0.708. The first kappa shape index (κ1) is 9.97. The summed E-state index contributed by atoms with van der Waals surface area (Å²) in [5, 5.41) is 6.43. The lowest BCUT2D eigenvalue weighted by Gasteiger charge is -2.13. The SMILES string of the molecule is O=C(C[C@@H]1CCNC1)NC1CCCC1. The molecule has 1 aliphatic heterocycles. The summed E-state index contributed by atoms with van der Waals surface area (Å²) in [7, 11) is 0. The van der Waals surface area contributed by atoms with E-state index < -0.39 is 0 Å². The van der Waals surface area contributed by atoms with E-state index in [4.69, 9.17) is 0 Å². The second-order valence-corrected chi connectivity index (χ2v) is 4.61. The van der Waals surface area contributed by atoms with Gasteiger partial charge in [0, 0.05) is 12.5 Å². The van der Waals surface area contributed by atoms with Gasteiger partial charge in [-0.15, -0.1) is 0 Å². The van der Waals surface area contributed by atoms with Gasteiger partial charge in [-0.25, -0.2) is 0 Å². The molecule has 14 heavy (non-hydrogen) atoms. The molecule has 1 atom stereocenters. The first-order chi connectivity index (χ1) is 6.84. The maximum absolute atomic E-state index is 11.6. The Labute approximate surface area is 85.6 Å². The molecule has 2 fully saturated rings. The maximum atomic E-state index is 11.6. The largest absolute Gasteiger partial charge is 0.353 e. The van der Waals surface area contributed by atoms with Crippen LogP contribution >= 0.6 is 0 Å². The van der Waals surface area contributed by atoms with Crippen molar-refractivity contribution in [1.29, 1.82) is 0 Å². The van der Waals surface area contributed by atoms with Crippen molar-refractivity contribution >= 4 is 5.91 Å². The van der Waals surface area contributed by atoms with E-state index in [1.54, 1.807) is 0 Å². The Morgan fingerprint density at radius 1 is 1.29 bits per heavy atom. The van der Waals surface area contributed by atoms with Crippen molar-refractivity contribution in [2.75, 3.05) is 13.1 Å². The zero-order chi connectivity index (χ0) is 9.80. The van der Waals surface area contributed by atoms with Crippen molar-refractivity contribution in [2.24, 2.45) is 5.92 Å². The highest BCUT2D eigenvalue weighted by atomic mass is 16.1. The number of hydrogen-bond acceptors (Lipinski definition) is 2. The monoisotopic (exact) mass is 196 g/mol. The summed E-state index contributed by atoms with van der Waals surface area (Å²) >= 11 is 0. The molecule has 1 saturated heterocycles. The zero-order valence-electron chi connectivity index (χ0n) is 8.72. The normalized spacial score (nSPS) is 28.1. The van der Waals surface area contributed by atoms with Crippen molar-refractivity contribution in [2.45, 2.75) is 44.6 Å². The molecular formula is C11H20N2O. The predicted octanol–water partition coefficient (Wildman–Crippen LogP) is 1.04. The molecule has 3 heteroatoms. The number of carbonyl (C=O) groups is 1. The van der Waals surface area contributed by atoms with Gasteiger partial charge in [0.15, 0.2) is 0 Å². The Morgan fingerprint density at radius 3 is 2.71 bits per heavy atom. The van der Waals surface area contributed by atoms with Crippen molar-refractivity contribution in [3.63, 3.8) is 0 Å². The molecule has 1 saturated carbocycles. The predicted molar refractivity (Wildman–Crippen MR) is 56.0 cm³/mol. The Kier molecular flexibility index (Phi) is 3.40. The van der Waals surface area contributed by atoms with Gasteiger partial charge >= 0.3 is 0 Å². The summed E-state index contributed by atoms with van der Waals surface area (Å²) in [6.07, 6.45) is 6.84. The smallest absolute Gasteiger partial charge is 0.220 e. The summed E-state index contributed by atoms with van der Waals surface area (Å²) in [5.41, 5.74) is 0. The number of amides is 1. The van der Waals surface area contributed by atoms with E-state index >= 15 is 0 Å². The molecule has 2 rings (SSSR count). The van der Waals surface area contributed by atoms with E-state index in [-0.39, 0.29) is 5.91 Å². The molecule has 2 N–H and O–H groups in total. The molecule has 1 heterocycles. The summed E-state index contributed by atoms with van der Waals surface area (Å²) < 4.78 is 0. The standard InChI is InChI=1S/C11H20N2O/c14-11(7-9-5-6-12-8-9)13-10-3-1-2-4-10/h9-10,12H,1-8H2,(H,13,14)/t9-/m0/s1. The highest BCUT2D eigenvalue weighted by Crippen LogP contribution is 2.18. The summed E-state index contributed by atoms with van der Waals surface area (Å²) in [6, 6.07) is 0.483. The van der Waals surface area contributed by atoms with Crippen LogP contribution in [0.3, 0.4) is 0 Å². The van der Waals surface area contributed by atoms with Crippen LogP contribution in [0.5, 0.6) is 0 Å². The molecule has 0 aromatic rings. The van der Waals surface area contributed by atoms with Crippen LogP contribution in [0, 0.1) is 5.92 Å². The molecule has 0 radical (unpaired) electrons. The van der Waals surface area contributed by atoms with Gasteiger partial charge in [-0.05, 0) is 38.3 Å². The van der Waals surface area contributed by atoms with E-state index in [2.05, 4.69) is 10.6 Å². The number of rotatable bonds is 3. The topological polar surface area (TPSA) is 41.1 Å². The van der Waals surface area contributed by atoms with Crippen LogP contribution in [-0.4, -0.2) is 25.0 Å². The lowest BCUT2D eigenvalue weighted by Crippen LogP contribution is -2.34. The van der Waals surface area contributed by atoms with Gasteiger partial charge in [0.2, 0.25) is 5.91 Å². The Morgan fingerprint density at radius 2 is 2.07 bits per heavy atom. The third-order valence-electron chi connectivity index (χ3n) is 3.36. The Balaban J connectivity index is 1.66. The molecule has 0 spiro atoms. The van der Waals surface area contributed by atoms with Gasteiger partial charge in [-0.2, -0.15) is 0 Å². The van der Waals surface area contributed by atoms with Gasteiger partial charge in [-0.3, -0.25) is 4.79 Å². The second kappa shape index (κ2) is 4.78. The van der Waals surface area contributed by atoms with Crippen LogP contribution < -0.4 is 10.6 Å². The minimum atomic E-state index is 0.269. The highest BCUT2D eigenvalue weighted by molar-refractivity contribution is 5.76. The molecule has 0 aromatic carbocycles. The van der Waals surface area contributed by atoms with Gasteiger partial charge in [-0.1, -0.05) is 12.8 Å². The van der Waals surface area contributed by atoms with Crippen molar-refractivity contribution in [1.82, 2.24) is 10.6 Å². The Bertz CT molecular complexity index is 173. The van der Waals surface area contributed by atoms with Crippen molar-refractivity contribution < 1.29 is 4.79 Å². The summed E-state index contributed by atoms with van der Waals surface area (Å²) in [4.78, 5) is 11.6. The van der Waals surface area contributed by atoms with Crippen LogP contribution in [-0.2, 0) is 4.79 Å². The average Bonchev–Trinajstić information content (AvgIpc) is 2.76. The molecule has 2 aliphatic rings. The van der Waals surface area contributed by atoms with Crippen LogP contribution in [0.4, 0.5) is 0 Å². The first-order valence-corrected chi connectivity index (χ1v) is 5.84. The van der Waals surface area contributed by atoms with Crippen LogP contribution in [0.1, 0.15) is 38.5 Å². The lowest BCUT2D eigenvalue weighted by molar-refractivity contribution is -0.122. The van der Waals surface area contributed by atoms with Crippen molar-refractivity contribution in [3.05, 3.63) is 0 Å². The molecular weight excluding hydrogens is 176 g/mol. The van der Waals surface area contributed by atoms with E-state index in [9.17, 15) is 4.79 Å². The first-order valence-electron chi connectivity index (χ1n) is 5.84. The average molecular weight is 196 g/mol. The molecule has 0 aromatic heterocycles. The fourth-order valence-electron chi connectivity index (χ4n) is 2.51. The van der Waals surface area contributed by atoms with Gasteiger partial charge in [0.1, 0.15) is 0 Å². The van der Waals surface area contributed by atoms with Gasteiger partial charge in [0.25, 0.3) is 0 Å². The number of hydrogen-bond donors (Lipinski definition) is 2. The maximum Gasteiger partial charge on any atom is 0.220 e. The van der Waals surface area contributed by atoms with Gasteiger partial charge < -0.3 is 10.6 Å². The molecule has 1 aliphatic carbocycles. The van der Waals surface area contributed by atoms with Crippen LogP contribution in [0.2, 0.25) is 0 Å². The highest BCUT2D eigenvalue weighted by Gasteiger charge is 2.21. The van der Waals surface area contributed by atoms with E-state index in [1.807, 2.05) is 0 Å². The number of carbonyl (C=O) groups excluding carboxylic acids is 1. The fraction of sp³-hybridized carbons (Fsp3) is 0.909. The molecule has 80 valence electrons.